The second-order valence-electron chi connectivity index (χ2n) is 10.1. The zero-order valence-corrected chi connectivity index (χ0v) is 22.2. The number of aromatic hydroxyl groups is 2. The van der Waals surface area contributed by atoms with Crippen LogP contribution in [0.25, 0.3) is 0 Å². The van der Waals surface area contributed by atoms with Crippen molar-refractivity contribution in [3.8, 4) is 11.5 Å². The summed E-state index contributed by atoms with van der Waals surface area (Å²) >= 11 is 0. The number of carbonyl (C=O) groups excluding carboxylic acids is 1. The van der Waals surface area contributed by atoms with E-state index in [1.165, 1.54) is 127 Å². The Labute approximate surface area is 209 Å². The number of hydrogen-bond donors (Lipinski definition) is 2. The minimum absolute atomic E-state index is 0.0166. The zero-order valence-electron chi connectivity index (χ0n) is 22.2. The van der Waals surface area contributed by atoms with Gasteiger partial charge in [-0.25, -0.2) is 4.79 Å². The summed E-state index contributed by atoms with van der Waals surface area (Å²) in [7, 11) is 0. The molecule has 4 nitrogen and oxygen atoms in total. The third-order valence-corrected chi connectivity index (χ3v) is 7.01. The van der Waals surface area contributed by atoms with Crippen molar-refractivity contribution in [3.05, 3.63) is 23.8 Å². The molecule has 34 heavy (non-hydrogen) atoms. The molecule has 196 valence electrons. The first-order chi connectivity index (χ1) is 16.6. The second-order valence-corrected chi connectivity index (χ2v) is 10.1. The summed E-state index contributed by atoms with van der Waals surface area (Å²) in [5.74, 6) is -0.381. The highest BCUT2D eigenvalue weighted by Crippen LogP contribution is 2.28. The van der Waals surface area contributed by atoms with Crippen LogP contribution >= 0.6 is 0 Å². The van der Waals surface area contributed by atoms with E-state index in [0.29, 0.717) is 6.61 Å². The first-order valence-electron chi connectivity index (χ1n) is 14.2. The van der Waals surface area contributed by atoms with E-state index in [-0.39, 0.29) is 11.3 Å². The lowest BCUT2D eigenvalue weighted by molar-refractivity contribution is 0.0493. The van der Waals surface area contributed by atoms with Crippen LogP contribution in [0.4, 0.5) is 0 Å². The molecule has 0 bridgehead atoms. The number of rotatable bonds is 22. The lowest BCUT2D eigenvalue weighted by Gasteiger charge is -2.07. The Morgan fingerprint density at radius 1 is 0.735 bits per heavy atom. The fourth-order valence-corrected chi connectivity index (χ4v) is 4.39. The lowest BCUT2D eigenvalue weighted by Crippen LogP contribution is -2.06. The summed E-state index contributed by atoms with van der Waals surface area (Å²) in [4.78, 5) is 11.9. The molecule has 0 saturated heterocycles. The molecule has 0 fully saturated rings. The van der Waals surface area contributed by atoms with Gasteiger partial charge in [0.1, 0.15) is 5.56 Å². The lowest BCUT2D eigenvalue weighted by atomic mass is 9.99. The maximum atomic E-state index is 11.9. The van der Waals surface area contributed by atoms with Crippen LogP contribution in [0.5, 0.6) is 11.5 Å². The fourth-order valence-electron chi connectivity index (χ4n) is 4.39. The van der Waals surface area contributed by atoms with Gasteiger partial charge in [-0.15, -0.1) is 0 Å². The Kier molecular flexibility index (Phi) is 18.4. The van der Waals surface area contributed by atoms with Gasteiger partial charge < -0.3 is 14.9 Å². The largest absolute Gasteiger partial charge is 0.504 e. The Morgan fingerprint density at radius 2 is 1.18 bits per heavy atom. The van der Waals surface area contributed by atoms with Crippen molar-refractivity contribution in [2.24, 2.45) is 5.92 Å². The molecule has 0 saturated carbocycles. The predicted octanol–water partition coefficient (Wildman–Crippen LogP) is 9.32. The van der Waals surface area contributed by atoms with E-state index in [1.807, 2.05) is 0 Å². The highest BCUT2D eigenvalue weighted by atomic mass is 16.5. The number of para-hydroxylation sites is 1. The Morgan fingerprint density at radius 3 is 1.65 bits per heavy atom. The van der Waals surface area contributed by atoms with E-state index in [0.717, 1.165) is 18.8 Å². The highest BCUT2D eigenvalue weighted by molar-refractivity contribution is 5.93. The average Bonchev–Trinajstić information content (AvgIpc) is 2.84. The molecule has 4 heteroatoms. The molecular formula is C30H52O4. The maximum Gasteiger partial charge on any atom is 0.342 e. The number of hydrogen-bond acceptors (Lipinski definition) is 4. The number of carbonyl (C=O) groups is 1. The predicted molar refractivity (Wildman–Crippen MR) is 143 cm³/mol. The van der Waals surface area contributed by atoms with E-state index in [2.05, 4.69) is 13.8 Å². The van der Waals surface area contributed by atoms with Crippen LogP contribution in [-0.4, -0.2) is 22.8 Å². The van der Waals surface area contributed by atoms with Crippen molar-refractivity contribution in [2.75, 3.05) is 6.61 Å². The van der Waals surface area contributed by atoms with Crippen molar-refractivity contribution >= 4 is 5.97 Å². The van der Waals surface area contributed by atoms with Gasteiger partial charge in [0.05, 0.1) is 6.61 Å². The molecule has 0 aliphatic heterocycles. The van der Waals surface area contributed by atoms with Crippen LogP contribution in [0, 0.1) is 5.92 Å². The quantitative estimate of drug-likeness (QED) is 0.0993. The standard InChI is InChI=1S/C30H52O4/c1-3-26(2)22-19-17-15-13-11-9-7-5-4-6-8-10-12-14-16-18-20-25-34-30(33)27-23-21-24-28(31)29(27)32/h21,23-24,26,31-32H,3-20,22,25H2,1-2H3/t26-/m0/s1. The number of phenolic OH excluding ortho intramolecular Hbond substituents is 2. The molecule has 0 amide bonds. The summed E-state index contributed by atoms with van der Waals surface area (Å²) in [5, 5.41) is 19.1. The van der Waals surface area contributed by atoms with Crippen LogP contribution in [0.2, 0.25) is 0 Å². The number of ether oxygens (including phenoxy) is 1. The Bertz CT molecular complexity index is 628. The van der Waals surface area contributed by atoms with E-state index >= 15 is 0 Å². The van der Waals surface area contributed by atoms with E-state index in [4.69, 9.17) is 4.74 Å². The van der Waals surface area contributed by atoms with E-state index in [1.54, 1.807) is 0 Å². The van der Waals surface area contributed by atoms with Crippen LogP contribution < -0.4 is 0 Å². The van der Waals surface area contributed by atoms with Gasteiger partial charge in [-0.3, -0.25) is 0 Å². The van der Waals surface area contributed by atoms with E-state index < -0.39 is 11.7 Å². The number of esters is 1. The van der Waals surface area contributed by atoms with Crippen LogP contribution in [0.15, 0.2) is 18.2 Å². The summed E-state index contributed by atoms with van der Waals surface area (Å²) in [6.45, 7) is 5.03. The minimum atomic E-state index is -0.583. The van der Waals surface area contributed by atoms with Gasteiger partial charge in [-0.05, 0) is 24.5 Å². The van der Waals surface area contributed by atoms with Gasteiger partial charge in [0.25, 0.3) is 0 Å². The third-order valence-electron chi connectivity index (χ3n) is 7.01. The number of phenols is 2. The number of unbranched alkanes of at least 4 members (excludes halogenated alkanes) is 16. The molecule has 1 rings (SSSR count). The fraction of sp³-hybridized carbons (Fsp3) is 0.767. The molecule has 1 atom stereocenters. The maximum absolute atomic E-state index is 11.9. The van der Waals surface area contributed by atoms with Crippen molar-refractivity contribution in [2.45, 2.75) is 136 Å². The Balaban J connectivity index is 1.78. The summed E-state index contributed by atoms with van der Waals surface area (Å²) in [6.07, 6.45) is 25.3. The molecule has 1 aromatic rings. The molecule has 0 aromatic heterocycles. The van der Waals surface area contributed by atoms with Crippen LogP contribution in [0.1, 0.15) is 146 Å². The molecule has 0 spiro atoms. The molecular weight excluding hydrogens is 424 g/mol. The van der Waals surface area contributed by atoms with Crippen LogP contribution in [-0.2, 0) is 4.74 Å². The topological polar surface area (TPSA) is 66.8 Å². The summed E-state index contributed by atoms with van der Waals surface area (Å²) < 4.78 is 5.19. The highest BCUT2D eigenvalue weighted by Gasteiger charge is 2.14. The SMILES string of the molecule is CC[C@H](C)CCCCCCCCCCCCCCCCCCCOC(=O)c1cccc(O)c1O. The summed E-state index contributed by atoms with van der Waals surface area (Å²) in [6, 6.07) is 4.31. The average molecular weight is 477 g/mol. The molecule has 0 unspecified atom stereocenters. The third kappa shape index (κ3) is 15.2. The van der Waals surface area contributed by atoms with Gasteiger partial charge in [-0.1, -0.05) is 135 Å². The normalized spacial score (nSPS) is 12.1. The summed E-state index contributed by atoms with van der Waals surface area (Å²) in [5.41, 5.74) is 0.0166. The first-order valence-corrected chi connectivity index (χ1v) is 14.2. The first kappa shape index (κ1) is 30.3. The monoisotopic (exact) mass is 476 g/mol. The van der Waals surface area contributed by atoms with Crippen molar-refractivity contribution in [1.82, 2.24) is 0 Å². The van der Waals surface area contributed by atoms with Gasteiger partial charge in [0.15, 0.2) is 11.5 Å². The smallest absolute Gasteiger partial charge is 0.342 e. The molecule has 0 aliphatic rings. The molecule has 0 aliphatic carbocycles. The minimum Gasteiger partial charge on any atom is -0.504 e. The second kappa shape index (κ2) is 20.6. The van der Waals surface area contributed by atoms with Crippen LogP contribution in [0.3, 0.4) is 0 Å². The molecule has 2 N–H and O–H groups in total. The number of benzene rings is 1. The van der Waals surface area contributed by atoms with Crippen molar-refractivity contribution < 1.29 is 19.7 Å². The van der Waals surface area contributed by atoms with E-state index in [9.17, 15) is 15.0 Å². The van der Waals surface area contributed by atoms with Gasteiger partial charge in [-0.2, -0.15) is 0 Å². The molecule has 0 heterocycles. The van der Waals surface area contributed by atoms with Crippen molar-refractivity contribution in [3.63, 3.8) is 0 Å². The van der Waals surface area contributed by atoms with Gasteiger partial charge in [0, 0.05) is 0 Å². The molecule has 0 radical (unpaired) electrons. The van der Waals surface area contributed by atoms with Gasteiger partial charge in [0.2, 0.25) is 0 Å². The Hall–Kier alpha value is -1.71. The van der Waals surface area contributed by atoms with Crippen molar-refractivity contribution in [1.29, 1.82) is 0 Å². The molecule has 1 aromatic carbocycles. The van der Waals surface area contributed by atoms with Gasteiger partial charge >= 0.3 is 5.97 Å². The zero-order chi connectivity index (χ0) is 24.9.